The summed E-state index contributed by atoms with van der Waals surface area (Å²) in [5, 5.41) is 13.8. The van der Waals surface area contributed by atoms with Crippen LogP contribution >= 0.6 is 0 Å². The summed E-state index contributed by atoms with van der Waals surface area (Å²) >= 11 is 0. The molecule has 1 aliphatic heterocycles. The van der Waals surface area contributed by atoms with Crippen LogP contribution in [-0.2, 0) is 6.54 Å². The average molecular weight is 389 g/mol. The van der Waals surface area contributed by atoms with Crippen LogP contribution in [0.3, 0.4) is 0 Å². The number of anilines is 2. The molecule has 0 bridgehead atoms. The highest BCUT2D eigenvalue weighted by Gasteiger charge is 2.26. The third kappa shape index (κ3) is 3.49. The van der Waals surface area contributed by atoms with Gasteiger partial charge in [-0.2, -0.15) is 5.10 Å². The Morgan fingerprint density at radius 3 is 3.03 bits per heavy atom. The van der Waals surface area contributed by atoms with E-state index in [9.17, 15) is 4.79 Å². The van der Waals surface area contributed by atoms with Crippen LogP contribution in [0.1, 0.15) is 47.6 Å². The van der Waals surface area contributed by atoms with E-state index < -0.39 is 0 Å². The molecular weight excluding hydrogens is 366 g/mol. The lowest BCUT2D eigenvalue weighted by Gasteiger charge is -2.28. The molecule has 0 spiro atoms. The number of nitrogens with one attached hydrogen (secondary N) is 3. The molecule has 148 valence electrons. The molecule has 29 heavy (non-hydrogen) atoms. The van der Waals surface area contributed by atoms with Gasteiger partial charge in [0.2, 0.25) is 0 Å². The number of hydrogen-bond donors (Lipinski definition) is 3. The molecule has 2 aliphatic rings. The molecular formula is C21H23N7O. The summed E-state index contributed by atoms with van der Waals surface area (Å²) in [6.07, 6.45) is 8.21. The van der Waals surface area contributed by atoms with Crippen LogP contribution in [0.2, 0.25) is 0 Å². The van der Waals surface area contributed by atoms with E-state index in [1.54, 1.807) is 6.20 Å². The topological polar surface area (TPSA) is 90.9 Å². The summed E-state index contributed by atoms with van der Waals surface area (Å²) in [6.45, 7) is 3.13. The summed E-state index contributed by atoms with van der Waals surface area (Å²) in [6, 6.07) is 9.69. The molecule has 1 aromatic carbocycles. The van der Waals surface area contributed by atoms with Crippen LogP contribution in [0.5, 0.6) is 0 Å². The number of nitrogens with zero attached hydrogens (tertiary/aromatic N) is 4. The molecule has 1 saturated carbocycles. The van der Waals surface area contributed by atoms with Crippen molar-refractivity contribution in [1.82, 2.24) is 25.1 Å². The Hall–Kier alpha value is -3.55. The number of hydrogen-bond acceptors (Lipinski definition) is 5. The second-order valence-electron chi connectivity index (χ2n) is 7.37. The average Bonchev–Trinajstić information content (AvgIpc) is 3.29. The largest absolute Gasteiger partial charge is 0.352 e. The van der Waals surface area contributed by atoms with Gasteiger partial charge < -0.3 is 15.5 Å². The van der Waals surface area contributed by atoms with E-state index in [-0.39, 0.29) is 5.91 Å². The molecule has 0 unspecified atom stereocenters. The van der Waals surface area contributed by atoms with Gasteiger partial charge in [-0.15, -0.1) is 0 Å². The van der Waals surface area contributed by atoms with Crippen molar-refractivity contribution in [3.63, 3.8) is 0 Å². The van der Waals surface area contributed by atoms with Crippen molar-refractivity contribution < 1.29 is 4.79 Å². The molecule has 1 aliphatic carbocycles. The van der Waals surface area contributed by atoms with Crippen LogP contribution in [0.25, 0.3) is 5.82 Å². The maximum Gasteiger partial charge on any atom is 0.251 e. The highest BCUT2D eigenvalue weighted by Crippen LogP contribution is 2.39. The van der Waals surface area contributed by atoms with Crippen LogP contribution in [-0.4, -0.2) is 32.2 Å². The lowest BCUT2D eigenvalue weighted by Crippen LogP contribution is -2.27. The number of carbonyl (C=O) groups is 1. The van der Waals surface area contributed by atoms with Crippen LogP contribution < -0.4 is 15.5 Å². The normalized spacial score (nSPS) is 15.6. The Labute approximate surface area is 168 Å². The highest BCUT2D eigenvalue weighted by atomic mass is 16.1. The Kier molecular flexibility index (Phi) is 4.31. The van der Waals surface area contributed by atoms with Crippen molar-refractivity contribution in [3.8, 4) is 0 Å². The Morgan fingerprint density at radius 2 is 2.21 bits per heavy atom. The maximum absolute atomic E-state index is 12.2. The van der Waals surface area contributed by atoms with Crippen LogP contribution in [0.15, 0.2) is 48.9 Å². The Bertz CT molecular complexity index is 1080. The van der Waals surface area contributed by atoms with Gasteiger partial charge in [0.25, 0.3) is 5.91 Å². The number of rotatable bonds is 6. The monoisotopic (exact) mass is 389 g/mol. The van der Waals surface area contributed by atoms with Gasteiger partial charge in [0, 0.05) is 54.1 Å². The van der Waals surface area contributed by atoms with Crippen molar-refractivity contribution in [1.29, 1.82) is 0 Å². The molecule has 3 N–H and O–H groups in total. The first-order valence-electron chi connectivity index (χ1n) is 9.93. The van der Waals surface area contributed by atoms with Gasteiger partial charge in [-0.3, -0.25) is 14.5 Å². The zero-order valence-electron chi connectivity index (χ0n) is 16.2. The zero-order chi connectivity index (χ0) is 19.8. The van der Waals surface area contributed by atoms with Gasteiger partial charge in [-0.05, 0) is 38.0 Å². The number of benzene rings is 1. The minimum atomic E-state index is -0.0701. The number of imidazole rings is 1. The molecule has 8 nitrogen and oxygen atoms in total. The number of aromatic amines is 1. The maximum atomic E-state index is 12.2. The first kappa shape index (κ1) is 17.5. The fourth-order valence-corrected chi connectivity index (χ4v) is 3.56. The van der Waals surface area contributed by atoms with E-state index in [0.717, 1.165) is 23.2 Å². The molecule has 3 aromatic rings. The van der Waals surface area contributed by atoms with Gasteiger partial charge in [0.05, 0.1) is 6.54 Å². The minimum absolute atomic E-state index is 0.0701. The number of aromatic nitrogens is 4. The molecule has 0 radical (unpaired) electrons. The molecule has 0 saturated heterocycles. The quantitative estimate of drug-likeness (QED) is 0.603. The lowest BCUT2D eigenvalue weighted by molar-refractivity contribution is 0.0956. The summed E-state index contributed by atoms with van der Waals surface area (Å²) in [5.41, 5.74) is 2.76. The molecule has 2 aromatic heterocycles. The Morgan fingerprint density at radius 1 is 1.31 bits per heavy atom. The highest BCUT2D eigenvalue weighted by molar-refractivity contribution is 5.95. The summed E-state index contributed by atoms with van der Waals surface area (Å²) in [7, 11) is 0. The SMILES string of the molecule is CCNC(=O)c1cccc(N2C=C(Nc3cc(C4CC4)[nH]n3)n3ccnc3C2)c1. The first-order valence-corrected chi connectivity index (χ1v) is 9.93. The fraction of sp³-hybridized carbons (Fsp3) is 0.286. The van der Waals surface area contributed by atoms with Gasteiger partial charge in [-0.25, -0.2) is 4.98 Å². The zero-order valence-corrected chi connectivity index (χ0v) is 16.2. The van der Waals surface area contributed by atoms with E-state index >= 15 is 0 Å². The summed E-state index contributed by atoms with van der Waals surface area (Å²) in [5.74, 6) is 3.11. The van der Waals surface area contributed by atoms with Gasteiger partial charge in [0.15, 0.2) is 5.82 Å². The van der Waals surface area contributed by atoms with Crippen molar-refractivity contribution in [2.75, 3.05) is 16.8 Å². The predicted molar refractivity (Wildman–Crippen MR) is 111 cm³/mol. The third-order valence-electron chi connectivity index (χ3n) is 5.22. The fourth-order valence-electron chi connectivity index (χ4n) is 3.56. The predicted octanol–water partition coefficient (Wildman–Crippen LogP) is 3.12. The first-order chi connectivity index (χ1) is 14.2. The van der Waals surface area contributed by atoms with Crippen LogP contribution in [0.4, 0.5) is 11.5 Å². The smallest absolute Gasteiger partial charge is 0.251 e. The molecule has 1 fully saturated rings. The molecule has 0 atom stereocenters. The van der Waals surface area contributed by atoms with E-state index in [1.165, 1.54) is 18.5 Å². The van der Waals surface area contributed by atoms with Gasteiger partial charge in [0.1, 0.15) is 11.6 Å². The molecule has 8 heteroatoms. The van der Waals surface area contributed by atoms with Gasteiger partial charge >= 0.3 is 0 Å². The van der Waals surface area contributed by atoms with Crippen molar-refractivity contribution in [2.45, 2.75) is 32.2 Å². The lowest BCUT2D eigenvalue weighted by atomic mass is 10.1. The summed E-state index contributed by atoms with van der Waals surface area (Å²) in [4.78, 5) is 18.8. The second kappa shape index (κ2) is 7.12. The Balaban J connectivity index is 1.44. The van der Waals surface area contributed by atoms with Crippen molar-refractivity contribution in [2.24, 2.45) is 0 Å². The standard InChI is InChI=1S/C21H23N7O/c1-2-22-21(29)15-4-3-5-16(10-15)27-12-19-23-8-9-28(19)20(13-27)24-18-11-17(25-26-18)14-6-7-14/h3-5,8-11,13-14H,2,6-7,12H2,1H3,(H,22,29)(H2,24,25,26). The third-order valence-corrected chi connectivity index (χ3v) is 5.22. The minimum Gasteiger partial charge on any atom is -0.352 e. The van der Waals surface area contributed by atoms with Gasteiger partial charge in [-0.1, -0.05) is 6.07 Å². The van der Waals surface area contributed by atoms with E-state index in [1.807, 2.05) is 48.2 Å². The molecule has 3 heterocycles. The van der Waals surface area contributed by atoms with E-state index in [0.29, 0.717) is 24.6 Å². The molecule has 1 amide bonds. The number of amides is 1. The van der Waals surface area contributed by atoms with E-state index in [2.05, 4.69) is 36.8 Å². The van der Waals surface area contributed by atoms with Crippen LogP contribution in [0, 0.1) is 0 Å². The number of H-pyrrole nitrogens is 1. The molecule has 5 rings (SSSR count). The van der Waals surface area contributed by atoms with E-state index in [4.69, 9.17) is 0 Å². The number of fused-ring (bicyclic) bond motifs is 1. The number of carbonyl (C=O) groups excluding carboxylic acids is 1. The second-order valence-corrected chi connectivity index (χ2v) is 7.37. The summed E-state index contributed by atoms with van der Waals surface area (Å²) < 4.78 is 2.02. The van der Waals surface area contributed by atoms with Crippen molar-refractivity contribution in [3.05, 3.63) is 66.0 Å². The van der Waals surface area contributed by atoms with Crippen molar-refractivity contribution >= 4 is 23.2 Å².